The Balaban J connectivity index is 3.00. The van der Waals surface area contributed by atoms with Crippen LogP contribution < -0.4 is 0 Å². The van der Waals surface area contributed by atoms with E-state index < -0.39 is 0 Å². The highest BCUT2D eigenvalue weighted by Gasteiger charge is 1.83. The molecular formula is C5H9BrO. The zero-order valence-corrected chi connectivity index (χ0v) is 5.99. The van der Waals surface area contributed by atoms with Gasteiger partial charge in [-0.15, -0.1) is 0 Å². The van der Waals surface area contributed by atoms with Crippen LogP contribution in [0.25, 0.3) is 0 Å². The number of rotatable bonds is 3. The van der Waals surface area contributed by atoms with Crippen molar-refractivity contribution in [3.63, 3.8) is 0 Å². The lowest BCUT2D eigenvalue weighted by Gasteiger charge is -1.99. The Bertz CT molecular complexity index is 61.1. The van der Waals surface area contributed by atoms with Crippen molar-refractivity contribution in [2.75, 3.05) is 11.9 Å². The molecule has 0 amide bonds. The third kappa shape index (κ3) is 3.86. The number of halogens is 1. The van der Waals surface area contributed by atoms with E-state index in [1.54, 1.807) is 0 Å². The summed E-state index contributed by atoms with van der Waals surface area (Å²) in [6.07, 6.45) is 0. The third-order valence-corrected chi connectivity index (χ3v) is 1.12. The predicted octanol–water partition coefficient (Wildman–Crippen LogP) is 1.93. The van der Waals surface area contributed by atoms with Gasteiger partial charge in [0.15, 0.2) is 0 Å². The molecule has 0 aliphatic heterocycles. The fourth-order valence-corrected chi connectivity index (χ4v) is 0.405. The maximum Gasteiger partial charge on any atom is 0.0993 e. The smallest absolute Gasteiger partial charge is 0.0993 e. The molecule has 0 rings (SSSR count). The molecule has 0 aliphatic rings. The molecule has 7 heavy (non-hydrogen) atoms. The van der Waals surface area contributed by atoms with E-state index in [-0.39, 0.29) is 0 Å². The van der Waals surface area contributed by atoms with E-state index in [9.17, 15) is 0 Å². The van der Waals surface area contributed by atoms with E-state index in [4.69, 9.17) is 4.74 Å². The summed E-state index contributed by atoms with van der Waals surface area (Å²) in [5, 5.41) is 0.737. The minimum Gasteiger partial charge on any atom is -0.498 e. The molecule has 0 spiro atoms. The monoisotopic (exact) mass is 164 g/mol. The molecular weight excluding hydrogens is 156 g/mol. The third-order valence-electron chi connectivity index (χ3n) is 0.498. The Morgan fingerprint density at radius 2 is 2.43 bits per heavy atom. The molecule has 0 aliphatic carbocycles. The lowest BCUT2D eigenvalue weighted by molar-refractivity contribution is 0.235. The SMILES string of the molecule is C=C(CBr)OCC. The molecule has 0 fully saturated rings. The number of hydrogen-bond acceptors (Lipinski definition) is 1. The van der Waals surface area contributed by atoms with Crippen molar-refractivity contribution < 1.29 is 4.74 Å². The van der Waals surface area contributed by atoms with Gasteiger partial charge >= 0.3 is 0 Å². The van der Waals surface area contributed by atoms with E-state index in [0.717, 1.165) is 11.1 Å². The summed E-state index contributed by atoms with van der Waals surface area (Å²) in [4.78, 5) is 0. The molecule has 0 aromatic rings. The molecule has 0 saturated carbocycles. The van der Waals surface area contributed by atoms with Crippen LogP contribution in [0.2, 0.25) is 0 Å². The molecule has 0 atom stereocenters. The van der Waals surface area contributed by atoms with E-state index in [0.29, 0.717) is 6.61 Å². The first kappa shape index (κ1) is 7.02. The Kier molecular flexibility index (Phi) is 4.20. The fourth-order valence-electron chi connectivity index (χ4n) is 0.243. The summed E-state index contributed by atoms with van der Waals surface area (Å²) in [5.74, 6) is 0.794. The Morgan fingerprint density at radius 1 is 1.86 bits per heavy atom. The normalized spacial score (nSPS) is 8.29. The molecule has 2 heteroatoms. The lowest BCUT2D eigenvalue weighted by Crippen LogP contribution is -1.88. The molecule has 42 valence electrons. The van der Waals surface area contributed by atoms with Crippen LogP contribution in [0, 0.1) is 0 Å². The molecule has 0 N–H and O–H groups in total. The molecule has 0 aromatic heterocycles. The summed E-state index contributed by atoms with van der Waals surface area (Å²) in [6, 6.07) is 0. The first-order valence-corrected chi connectivity index (χ1v) is 3.30. The second-order valence-electron chi connectivity index (χ2n) is 1.11. The molecule has 0 saturated heterocycles. The summed E-state index contributed by atoms with van der Waals surface area (Å²) in [6.45, 7) is 6.24. The van der Waals surface area contributed by atoms with Crippen LogP contribution in [0.15, 0.2) is 12.3 Å². The standard InChI is InChI=1S/C5H9BrO/c1-3-7-5(2)4-6/h2-4H2,1H3. The van der Waals surface area contributed by atoms with Gasteiger partial charge in [-0.2, -0.15) is 0 Å². The van der Waals surface area contributed by atoms with Crippen LogP contribution in [-0.4, -0.2) is 11.9 Å². The van der Waals surface area contributed by atoms with Crippen LogP contribution in [0.4, 0.5) is 0 Å². The van der Waals surface area contributed by atoms with Crippen LogP contribution in [0.1, 0.15) is 6.92 Å². The predicted molar refractivity (Wildman–Crippen MR) is 34.6 cm³/mol. The van der Waals surface area contributed by atoms with Gasteiger partial charge in [-0.3, -0.25) is 0 Å². The quantitative estimate of drug-likeness (QED) is 0.458. The van der Waals surface area contributed by atoms with Gasteiger partial charge in [0, 0.05) is 0 Å². The molecule has 0 radical (unpaired) electrons. The average molecular weight is 165 g/mol. The minimum absolute atomic E-state index is 0.713. The molecule has 0 heterocycles. The van der Waals surface area contributed by atoms with Crippen LogP contribution in [-0.2, 0) is 4.74 Å². The van der Waals surface area contributed by atoms with Crippen LogP contribution in [0.3, 0.4) is 0 Å². The number of allylic oxidation sites excluding steroid dienone is 1. The van der Waals surface area contributed by atoms with E-state index >= 15 is 0 Å². The van der Waals surface area contributed by atoms with E-state index in [2.05, 4.69) is 22.5 Å². The highest BCUT2D eigenvalue weighted by Crippen LogP contribution is 1.95. The highest BCUT2D eigenvalue weighted by atomic mass is 79.9. The second-order valence-corrected chi connectivity index (χ2v) is 1.67. The van der Waals surface area contributed by atoms with Gasteiger partial charge < -0.3 is 4.74 Å². The first-order valence-electron chi connectivity index (χ1n) is 2.17. The summed E-state index contributed by atoms with van der Waals surface area (Å²) in [7, 11) is 0. The average Bonchev–Trinajstić information content (AvgIpc) is 1.68. The van der Waals surface area contributed by atoms with E-state index in [1.165, 1.54) is 0 Å². The molecule has 0 aromatic carbocycles. The van der Waals surface area contributed by atoms with Gasteiger partial charge in [-0.1, -0.05) is 22.5 Å². The molecule has 0 bridgehead atoms. The van der Waals surface area contributed by atoms with Gasteiger partial charge in [0.25, 0.3) is 0 Å². The van der Waals surface area contributed by atoms with Crippen molar-refractivity contribution in [2.24, 2.45) is 0 Å². The zero-order valence-electron chi connectivity index (χ0n) is 4.41. The maximum absolute atomic E-state index is 4.95. The topological polar surface area (TPSA) is 9.23 Å². The van der Waals surface area contributed by atoms with Crippen LogP contribution >= 0.6 is 15.9 Å². The highest BCUT2D eigenvalue weighted by molar-refractivity contribution is 9.09. The summed E-state index contributed by atoms with van der Waals surface area (Å²) < 4.78 is 4.95. The minimum atomic E-state index is 0.713. The Morgan fingerprint density at radius 3 is 2.57 bits per heavy atom. The van der Waals surface area contributed by atoms with Gasteiger partial charge in [0.2, 0.25) is 0 Å². The van der Waals surface area contributed by atoms with Gasteiger partial charge in [-0.05, 0) is 6.92 Å². The van der Waals surface area contributed by atoms with Gasteiger partial charge in [0.05, 0.1) is 17.7 Å². The van der Waals surface area contributed by atoms with Crippen molar-refractivity contribution in [3.8, 4) is 0 Å². The first-order chi connectivity index (χ1) is 3.31. The summed E-state index contributed by atoms with van der Waals surface area (Å²) >= 11 is 3.19. The van der Waals surface area contributed by atoms with Crippen molar-refractivity contribution in [1.82, 2.24) is 0 Å². The second kappa shape index (κ2) is 4.19. The van der Waals surface area contributed by atoms with Crippen molar-refractivity contribution >= 4 is 15.9 Å². The van der Waals surface area contributed by atoms with Crippen LogP contribution in [0.5, 0.6) is 0 Å². The number of ether oxygens (including phenoxy) is 1. The summed E-state index contributed by atoms with van der Waals surface area (Å²) in [5.41, 5.74) is 0. The van der Waals surface area contributed by atoms with Crippen molar-refractivity contribution in [3.05, 3.63) is 12.3 Å². The van der Waals surface area contributed by atoms with Gasteiger partial charge in [-0.25, -0.2) is 0 Å². The van der Waals surface area contributed by atoms with E-state index in [1.807, 2.05) is 6.92 Å². The number of alkyl halides is 1. The van der Waals surface area contributed by atoms with Crippen molar-refractivity contribution in [2.45, 2.75) is 6.92 Å². The largest absolute Gasteiger partial charge is 0.498 e. The fraction of sp³-hybridized carbons (Fsp3) is 0.600. The maximum atomic E-state index is 4.95. The Labute approximate surface area is 52.5 Å². The lowest BCUT2D eigenvalue weighted by atomic mass is 10.6. The number of hydrogen-bond donors (Lipinski definition) is 0. The zero-order chi connectivity index (χ0) is 5.70. The van der Waals surface area contributed by atoms with Crippen molar-refractivity contribution in [1.29, 1.82) is 0 Å². The molecule has 0 unspecified atom stereocenters. The Hall–Kier alpha value is 0.0200. The molecule has 1 nitrogen and oxygen atoms in total. The van der Waals surface area contributed by atoms with Gasteiger partial charge in [0.1, 0.15) is 0 Å².